The van der Waals surface area contributed by atoms with Gasteiger partial charge in [-0.15, -0.1) is 0 Å². The lowest BCUT2D eigenvalue weighted by Crippen LogP contribution is -2.29. The van der Waals surface area contributed by atoms with Crippen molar-refractivity contribution >= 4 is 33.9 Å². The van der Waals surface area contributed by atoms with Crippen molar-refractivity contribution in [3.05, 3.63) is 30.2 Å². The molecule has 2 aliphatic rings. The van der Waals surface area contributed by atoms with E-state index in [1.807, 2.05) is 29.3 Å². The third-order valence-electron chi connectivity index (χ3n) is 7.79. The summed E-state index contributed by atoms with van der Waals surface area (Å²) in [6, 6.07) is 5.86. The van der Waals surface area contributed by atoms with Crippen molar-refractivity contribution in [1.29, 1.82) is 0 Å². The van der Waals surface area contributed by atoms with Crippen molar-refractivity contribution in [1.82, 2.24) is 29.4 Å². The molecular weight excluding hydrogens is 480 g/mol. The van der Waals surface area contributed by atoms with Crippen LogP contribution in [0.2, 0.25) is 0 Å². The molecule has 0 spiro atoms. The molecule has 37 heavy (non-hydrogen) atoms. The SMILES string of the molecule is COc1nc(NC2C[C@@H]3CN(C(C)=O)C[C@@H]3C2)nc2[nH]cc(-c3ccc4nc(C)n(CC(F)F)c4c3)c12. The van der Waals surface area contributed by atoms with Crippen LogP contribution in [0.5, 0.6) is 5.88 Å². The van der Waals surface area contributed by atoms with Crippen LogP contribution in [-0.2, 0) is 11.3 Å². The van der Waals surface area contributed by atoms with Gasteiger partial charge < -0.3 is 24.5 Å². The van der Waals surface area contributed by atoms with E-state index in [-0.39, 0.29) is 11.9 Å². The highest BCUT2D eigenvalue weighted by atomic mass is 19.3. The largest absolute Gasteiger partial charge is 0.480 e. The molecule has 6 rings (SSSR count). The molecule has 1 saturated heterocycles. The number of nitrogens with one attached hydrogen (secondary N) is 2. The number of nitrogens with zero attached hydrogens (tertiary/aromatic N) is 5. The number of alkyl halides is 2. The Labute approximate surface area is 212 Å². The Morgan fingerprint density at radius 1 is 1.22 bits per heavy atom. The van der Waals surface area contributed by atoms with Crippen LogP contribution >= 0.6 is 0 Å². The second-order valence-electron chi connectivity index (χ2n) is 10.1. The summed E-state index contributed by atoms with van der Waals surface area (Å²) in [5, 5.41) is 4.20. The van der Waals surface area contributed by atoms with Gasteiger partial charge in [-0.05, 0) is 49.3 Å². The number of aryl methyl sites for hydroxylation is 1. The second-order valence-corrected chi connectivity index (χ2v) is 10.1. The Balaban J connectivity index is 1.29. The first kappa shape index (κ1) is 23.6. The number of benzene rings is 1. The first-order valence-electron chi connectivity index (χ1n) is 12.5. The van der Waals surface area contributed by atoms with E-state index in [1.165, 1.54) is 0 Å². The van der Waals surface area contributed by atoms with Gasteiger partial charge in [0.25, 0.3) is 6.43 Å². The fourth-order valence-corrected chi connectivity index (χ4v) is 6.08. The van der Waals surface area contributed by atoms with Gasteiger partial charge in [0.1, 0.15) is 11.5 Å². The highest BCUT2D eigenvalue weighted by Gasteiger charge is 2.41. The summed E-state index contributed by atoms with van der Waals surface area (Å²) in [7, 11) is 1.57. The minimum absolute atomic E-state index is 0.146. The summed E-state index contributed by atoms with van der Waals surface area (Å²) in [6.07, 6.45) is 1.31. The lowest BCUT2D eigenvalue weighted by molar-refractivity contribution is -0.128. The minimum Gasteiger partial charge on any atom is -0.480 e. The Hall–Kier alpha value is -3.76. The molecule has 11 heteroatoms. The summed E-state index contributed by atoms with van der Waals surface area (Å²) in [4.78, 5) is 30.7. The summed E-state index contributed by atoms with van der Waals surface area (Å²) >= 11 is 0. The average Bonchev–Trinajstić information content (AvgIpc) is 3.60. The summed E-state index contributed by atoms with van der Waals surface area (Å²) in [5.41, 5.74) is 3.60. The average molecular weight is 510 g/mol. The maximum Gasteiger partial charge on any atom is 0.256 e. The van der Waals surface area contributed by atoms with E-state index < -0.39 is 13.0 Å². The number of hydrogen-bond donors (Lipinski definition) is 2. The number of rotatable bonds is 6. The number of likely N-dealkylation sites (tertiary alicyclic amines) is 1. The number of ether oxygens (including phenoxy) is 1. The lowest BCUT2D eigenvalue weighted by Gasteiger charge is -2.18. The zero-order valence-corrected chi connectivity index (χ0v) is 21.0. The molecular formula is C26H29F2N7O2. The van der Waals surface area contributed by atoms with Crippen molar-refractivity contribution in [3.8, 4) is 17.0 Å². The van der Waals surface area contributed by atoms with E-state index in [9.17, 15) is 13.6 Å². The van der Waals surface area contributed by atoms with Crippen LogP contribution in [0.4, 0.5) is 14.7 Å². The van der Waals surface area contributed by atoms with Gasteiger partial charge in [-0.2, -0.15) is 9.97 Å². The zero-order chi connectivity index (χ0) is 25.8. The Bertz CT molecular complexity index is 1480. The van der Waals surface area contributed by atoms with Gasteiger partial charge in [0, 0.05) is 37.8 Å². The van der Waals surface area contributed by atoms with Gasteiger partial charge >= 0.3 is 0 Å². The molecule has 1 unspecified atom stereocenters. The number of H-pyrrole nitrogens is 1. The molecule has 1 amide bonds. The van der Waals surface area contributed by atoms with Crippen LogP contribution < -0.4 is 10.1 Å². The van der Waals surface area contributed by atoms with Crippen LogP contribution in [0, 0.1) is 18.8 Å². The molecule has 0 radical (unpaired) electrons. The fraction of sp³-hybridized carbons (Fsp3) is 0.462. The maximum atomic E-state index is 13.2. The molecule has 4 heterocycles. The molecule has 1 aromatic carbocycles. The number of hydrogen-bond acceptors (Lipinski definition) is 6. The van der Waals surface area contributed by atoms with Crippen molar-refractivity contribution < 1.29 is 18.3 Å². The minimum atomic E-state index is -2.47. The number of aromatic amines is 1. The lowest BCUT2D eigenvalue weighted by atomic mass is 10.0. The van der Waals surface area contributed by atoms with Crippen molar-refractivity contribution in [2.75, 3.05) is 25.5 Å². The van der Waals surface area contributed by atoms with Gasteiger partial charge in [-0.25, -0.2) is 13.8 Å². The quantitative estimate of drug-likeness (QED) is 0.404. The summed E-state index contributed by atoms with van der Waals surface area (Å²) in [5.74, 6) is 2.62. The van der Waals surface area contributed by atoms with E-state index in [4.69, 9.17) is 9.72 Å². The second kappa shape index (κ2) is 8.97. The molecule has 1 saturated carbocycles. The highest BCUT2D eigenvalue weighted by Crippen LogP contribution is 2.40. The van der Waals surface area contributed by atoms with Crippen LogP contribution in [0.3, 0.4) is 0 Å². The number of fused-ring (bicyclic) bond motifs is 3. The van der Waals surface area contributed by atoms with E-state index in [2.05, 4.69) is 20.3 Å². The zero-order valence-electron chi connectivity index (χ0n) is 21.0. The number of methoxy groups -OCH3 is 1. The molecule has 3 atom stereocenters. The van der Waals surface area contributed by atoms with Crippen molar-refractivity contribution in [2.24, 2.45) is 11.8 Å². The number of amides is 1. The summed E-state index contributed by atoms with van der Waals surface area (Å²) < 4.78 is 33.6. The number of halogens is 2. The van der Waals surface area contributed by atoms with Gasteiger partial charge in [-0.3, -0.25) is 4.79 Å². The van der Waals surface area contributed by atoms with Crippen LogP contribution in [0.25, 0.3) is 33.2 Å². The first-order valence-corrected chi connectivity index (χ1v) is 12.5. The Kier molecular flexibility index (Phi) is 5.73. The molecule has 4 aromatic rings. The number of carbonyl (C=O) groups excluding carboxylic acids is 1. The molecule has 2 fully saturated rings. The number of imidazole rings is 1. The topological polar surface area (TPSA) is 101 Å². The molecule has 3 aromatic heterocycles. The van der Waals surface area contributed by atoms with Gasteiger partial charge in [0.15, 0.2) is 0 Å². The molecule has 1 aliphatic carbocycles. The third kappa shape index (κ3) is 4.15. The number of anilines is 1. The predicted molar refractivity (Wildman–Crippen MR) is 136 cm³/mol. The van der Waals surface area contributed by atoms with Gasteiger partial charge in [0.2, 0.25) is 17.7 Å². The normalized spacial score (nSPS) is 21.4. The maximum absolute atomic E-state index is 13.2. The smallest absolute Gasteiger partial charge is 0.256 e. The molecule has 0 bridgehead atoms. The molecule has 1 aliphatic heterocycles. The van der Waals surface area contributed by atoms with E-state index >= 15 is 0 Å². The molecule has 2 N–H and O–H groups in total. The standard InChI is InChI=1S/C26H29F2N7O2/c1-13-30-20-5-4-15(8-21(20)35(13)12-22(27)28)19-9-29-24-23(19)25(37-3)33-26(32-24)31-18-6-16-10-34(14(2)36)11-17(16)7-18/h4-5,8-9,16-18,22H,6-7,10-12H2,1-3H3,(H2,29,31,32,33)/t16-,17+,18?. The number of aromatic nitrogens is 5. The summed E-state index contributed by atoms with van der Waals surface area (Å²) in [6.45, 7) is 4.60. The van der Waals surface area contributed by atoms with Gasteiger partial charge in [-0.1, -0.05) is 6.07 Å². The van der Waals surface area contributed by atoms with Crippen LogP contribution in [-0.4, -0.2) is 68.0 Å². The monoisotopic (exact) mass is 509 g/mol. The predicted octanol–water partition coefficient (Wildman–Crippen LogP) is 4.23. The van der Waals surface area contributed by atoms with E-state index in [1.54, 1.807) is 25.5 Å². The van der Waals surface area contributed by atoms with Crippen molar-refractivity contribution in [3.63, 3.8) is 0 Å². The first-order chi connectivity index (χ1) is 17.8. The molecule has 9 nitrogen and oxygen atoms in total. The van der Waals surface area contributed by atoms with E-state index in [0.717, 1.165) is 42.4 Å². The molecule has 194 valence electrons. The van der Waals surface area contributed by atoms with Crippen molar-refractivity contribution in [2.45, 2.75) is 45.7 Å². The van der Waals surface area contributed by atoms with Gasteiger partial charge in [0.05, 0.1) is 30.1 Å². The Morgan fingerprint density at radius 2 is 1.97 bits per heavy atom. The van der Waals surface area contributed by atoms with Crippen LogP contribution in [0.15, 0.2) is 24.4 Å². The fourth-order valence-electron chi connectivity index (χ4n) is 6.08. The number of carbonyl (C=O) groups is 1. The Morgan fingerprint density at radius 3 is 2.65 bits per heavy atom. The van der Waals surface area contributed by atoms with E-state index in [0.29, 0.717) is 46.2 Å². The van der Waals surface area contributed by atoms with Crippen LogP contribution in [0.1, 0.15) is 25.6 Å². The highest BCUT2D eigenvalue weighted by molar-refractivity contribution is 5.99. The third-order valence-corrected chi connectivity index (χ3v) is 7.79.